The molecule has 0 fully saturated rings. The molecule has 0 aromatic carbocycles. The first-order chi connectivity index (χ1) is 4.76. The van der Waals surface area contributed by atoms with Crippen LogP contribution >= 0.6 is 11.6 Å². The molecule has 0 aromatic rings. The van der Waals surface area contributed by atoms with Crippen molar-refractivity contribution in [2.45, 2.75) is 46.9 Å². The van der Waals surface area contributed by atoms with Gasteiger partial charge in [-0.15, -0.1) is 11.6 Å². The van der Waals surface area contributed by atoms with Crippen LogP contribution in [-0.2, 0) is 0 Å². The Bertz CT molecular complexity index is 111. The first-order valence-electron chi connectivity index (χ1n) is 4.41. The van der Waals surface area contributed by atoms with Gasteiger partial charge in [-0.1, -0.05) is 41.5 Å². The highest BCUT2D eigenvalue weighted by Crippen LogP contribution is 2.33. The quantitative estimate of drug-likeness (QED) is 0.560. The minimum absolute atomic E-state index is 0.301. The van der Waals surface area contributed by atoms with Crippen LogP contribution in [0, 0.1) is 17.3 Å². The minimum atomic E-state index is 0.301. The van der Waals surface area contributed by atoms with Crippen LogP contribution in [0.4, 0.5) is 0 Å². The molecule has 0 amide bonds. The summed E-state index contributed by atoms with van der Waals surface area (Å²) in [6, 6.07) is 0. The minimum Gasteiger partial charge on any atom is -0.122 e. The molecule has 68 valence electrons. The van der Waals surface area contributed by atoms with Crippen LogP contribution in [0.5, 0.6) is 0 Å². The molecule has 2 atom stereocenters. The Balaban J connectivity index is 4.13. The third-order valence-corrected chi connectivity index (χ3v) is 3.36. The van der Waals surface area contributed by atoms with Gasteiger partial charge >= 0.3 is 0 Å². The molecule has 0 rings (SSSR count). The second kappa shape index (κ2) is 3.80. The van der Waals surface area contributed by atoms with Crippen molar-refractivity contribution in [1.82, 2.24) is 0 Å². The van der Waals surface area contributed by atoms with E-state index in [0.29, 0.717) is 22.6 Å². The fourth-order valence-electron chi connectivity index (χ4n) is 1.06. The van der Waals surface area contributed by atoms with Crippen molar-refractivity contribution < 1.29 is 0 Å². The summed E-state index contributed by atoms with van der Waals surface area (Å²) in [7, 11) is 0. The van der Waals surface area contributed by atoms with Gasteiger partial charge in [-0.3, -0.25) is 0 Å². The monoisotopic (exact) mass is 176 g/mol. The molecule has 2 unspecified atom stereocenters. The molecule has 0 N–H and O–H groups in total. The van der Waals surface area contributed by atoms with Gasteiger partial charge in [-0.25, -0.2) is 0 Å². The van der Waals surface area contributed by atoms with E-state index in [1.807, 2.05) is 0 Å². The summed E-state index contributed by atoms with van der Waals surface area (Å²) in [6.45, 7) is 13.3. The third kappa shape index (κ3) is 3.46. The fourth-order valence-corrected chi connectivity index (χ4v) is 1.43. The normalized spacial score (nSPS) is 18.5. The summed E-state index contributed by atoms with van der Waals surface area (Å²) in [5.41, 5.74) is 0.330. The maximum absolute atomic E-state index is 6.25. The molecule has 11 heavy (non-hydrogen) atoms. The summed E-state index contributed by atoms with van der Waals surface area (Å²) in [5.74, 6) is 1.15. The van der Waals surface area contributed by atoms with E-state index in [1.165, 1.54) is 0 Å². The maximum atomic E-state index is 6.25. The van der Waals surface area contributed by atoms with Crippen molar-refractivity contribution in [3.8, 4) is 0 Å². The van der Waals surface area contributed by atoms with E-state index in [2.05, 4.69) is 41.5 Å². The topological polar surface area (TPSA) is 0 Å². The highest BCUT2D eigenvalue weighted by molar-refractivity contribution is 6.21. The van der Waals surface area contributed by atoms with E-state index in [0.717, 1.165) is 0 Å². The van der Waals surface area contributed by atoms with Crippen molar-refractivity contribution in [1.29, 1.82) is 0 Å². The first kappa shape index (κ1) is 11.3. The smallest absolute Gasteiger partial charge is 0.0389 e. The molecule has 0 spiro atoms. The average Bonchev–Trinajstić information content (AvgIpc) is 1.82. The lowest BCUT2D eigenvalue weighted by Crippen LogP contribution is -2.29. The van der Waals surface area contributed by atoms with Crippen molar-refractivity contribution in [3.63, 3.8) is 0 Å². The van der Waals surface area contributed by atoms with Crippen molar-refractivity contribution >= 4 is 11.6 Å². The van der Waals surface area contributed by atoms with E-state index in [9.17, 15) is 0 Å². The highest BCUT2D eigenvalue weighted by Gasteiger charge is 2.28. The van der Waals surface area contributed by atoms with Crippen LogP contribution in [0.15, 0.2) is 0 Å². The second-order valence-electron chi connectivity index (χ2n) is 4.84. The summed E-state index contributed by atoms with van der Waals surface area (Å²) in [6.07, 6.45) is 0. The first-order valence-corrected chi connectivity index (χ1v) is 4.84. The zero-order valence-electron chi connectivity index (χ0n) is 8.61. The second-order valence-corrected chi connectivity index (χ2v) is 5.35. The summed E-state index contributed by atoms with van der Waals surface area (Å²) < 4.78 is 0. The lowest BCUT2D eigenvalue weighted by Gasteiger charge is -2.33. The predicted octanol–water partition coefficient (Wildman–Crippen LogP) is 3.93. The van der Waals surface area contributed by atoms with Gasteiger partial charge in [0.2, 0.25) is 0 Å². The molecular formula is C10H21Cl. The number of alkyl halides is 1. The van der Waals surface area contributed by atoms with E-state index in [1.54, 1.807) is 0 Å². The summed E-state index contributed by atoms with van der Waals surface area (Å²) in [4.78, 5) is 0. The van der Waals surface area contributed by atoms with E-state index in [4.69, 9.17) is 11.6 Å². The van der Waals surface area contributed by atoms with E-state index < -0.39 is 0 Å². The summed E-state index contributed by atoms with van der Waals surface area (Å²) in [5, 5.41) is 0.301. The molecule has 0 aromatic heterocycles. The van der Waals surface area contributed by atoms with Gasteiger partial charge in [0.05, 0.1) is 0 Å². The van der Waals surface area contributed by atoms with Crippen LogP contribution in [-0.4, -0.2) is 5.38 Å². The van der Waals surface area contributed by atoms with E-state index >= 15 is 0 Å². The van der Waals surface area contributed by atoms with Crippen molar-refractivity contribution in [2.24, 2.45) is 17.3 Å². The number of halogens is 1. The van der Waals surface area contributed by atoms with Gasteiger partial charge in [-0.05, 0) is 17.3 Å². The number of hydrogen-bond donors (Lipinski definition) is 0. The molecule has 0 aliphatic carbocycles. The van der Waals surface area contributed by atoms with Crippen LogP contribution in [0.25, 0.3) is 0 Å². The van der Waals surface area contributed by atoms with Crippen LogP contribution < -0.4 is 0 Å². The largest absolute Gasteiger partial charge is 0.122 e. The molecule has 0 aliphatic heterocycles. The molecule has 0 aliphatic rings. The summed E-state index contributed by atoms with van der Waals surface area (Å²) >= 11 is 6.25. The van der Waals surface area contributed by atoms with Gasteiger partial charge in [0.1, 0.15) is 0 Å². The standard InChI is InChI=1S/C10H21Cl/c1-7(2)9(11)8(3)10(4,5)6/h7-9H,1-6H3. The molecular weight excluding hydrogens is 156 g/mol. The molecule has 0 heterocycles. The van der Waals surface area contributed by atoms with E-state index in [-0.39, 0.29) is 0 Å². The van der Waals surface area contributed by atoms with Crippen LogP contribution in [0.2, 0.25) is 0 Å². The highest BCUT2D eigenvalue weighted by atomic mass is 35.5. The number of hydrogen-bond acceptors (Lipinski definition) is 0. The SMILES string of the molecule is CC(C)C(Cl)C(C)C(C)(C)C. The Morgan fingerprint density at radius 1 is 1.00 bits per heavy atom. The average molecular weight is 177 g/mol. The Hall–Kier alpha value is 0.290. The Morgan fingerprint density at radius 2 is 1.36 bits per heavy atom. The van der Waals surface area contributed by atoms with Gasteiger partial charge in [0, 0.05) is 5.38 Å². The molecule has 0 nitrogen and oxygen atoms in total. The van der Waals surface area contributed by atoms with Crippen molar-refractivity contribution in [2.75, 3.05) is 0 Å². The molecule has 0 radical (unpaired) electrons. The Labute approximate surface area is 76.3 Å². The van der Waals surface area contributed by atoms with Gasteiger partial charge in [0.25, 0.3) is 0 Å². The van der Waals surface area contributed by atoms with Crippen LogP contribution in [0.3, 0.4) is 0 Å². The maximum Gasteiger partial charge on any atom is 0.0389 e. The van der Waals surface area contributed by atoms with Crippen molar-refractivity contribution in [3.05, 3.63) is 0 Å². The van der Waals surface area contributed by atoms with Crippen LogP contribution in [0.1, 0.15) is 41.5 Å². The molecule has 1 heteroatoms. The third-order valence-electron chi connectivity index (χ3n) is 2.48. The molecule has 0 saturated heterocycles. The van der Waals surface area contributed by atoms with Gasteiger partial charge in [0.15, 0.2) is 0 Å². The lowest BCUT2D eigenvalue weighted by molar-refractivity contribution is 0.229. The zero-order valence-corrected chi connectivity index (χ0v) is 9.37. The fraction of sp³-hybridized carbons (Fsp3) is 1.00. The Morgan fingerprint density at radius 3 is 1.45 bits per heavy atom. The Kier molecular flexibility index (Phi) is 3.90. The zero-order chi connectivity index (χ0) is 9.23. The van der Waals surface area contributed by atoms with Gasteiger partial charge < -0.3 is 0 Å². The van der Waals surface area contributed by atoms with Gasteiger partial charge in [-0.2, -0.15) is 0 Å². The molecule has 0 bridgehead atoms. The number of rotatable bonds is 2. The lowest BCUT2D eigenvalue weighted by atomic mass is 9.77. The molecule has 0 saturated carbocycles. The predicted molar refractivity (Wildman–Crippen MR) is 53.1 cm³/mol.